The average Bonchev–Trinajstić information content (AvgIpc) is 2.62. The Labute approximate surface area is 88.4 Å². The minimum absolute atomic E-state index is 0.00745. The molecule has 1 atom stereocenters. The lowest BCUT2D eigenvalue weighted by Gasteiger charge is -2.21. The van der Waals surface area contributed by atoms with Gasteiger partial charge in [0.05, 0.1) is 0 Å². The van der Waals surface area contributed by atoms with Crippen LogP contribution in [0.4, 0.5) is 0 Å². The Morgan fingerprint density at radius 1 is 1.50 bits per heavy atom. The van der Waals surface area contributed by atoms with Crippen LogP contribution in [0, 0.1) is 0 Å². The molecular weight excluding hydrogens is 204 g/mol. The minimum Gasteiger partial charge on any atom is -0.368 e. The van der Waals surface area contributed by atoms with Crippen molar-refractivity contribution in [1.29, 1.82) is 0 Å². The van der Waals surface area contributed by atoms with Crippen molar-refractivity contribution in [3.8, 4) is 0 Å². The highest BCUT2D eigenvalue weighted by Gasteiger charge is 2.31. The van der Waals surface area contributed by atoms with E-state index in [0.29, 0.717) is 31.7 Å². The summed E-state index contributed by atoms with van der Waals surface area (Å²) in [4.78, 5) is 24.1. The Morgan fingerprint density at radius 3 is 2.79 bits per heavy atom. The summed E-state index contributed by atoms with van der Waals surface area (Å²) >= 11 is 5.49. The average molecular weight is 219 g/mol. The Bertz CT molecular complexity index is 233. The molecule has 0 saturated carbocycles. The van der Waals surface area contributed by atoms with E-state index in [9.17, 15) is 9.59 Å². The third-order valence-electron chi connectivity index (χ3n) is 2.43. The Morgan fingerprint density at radius 2 is 2.21 bits per heavy atom. The van der Waals surface area contributed by atoms with E-state index in [0.717, 1.165) is 6.42 Å². The third-order valence-corrected chi connectivity index (χ3v) is 2.69. The fourth-order valence-corrected chi connectivity index (χ4v) is 1.86. The second-order valence-corrected chi connectivity index (χ2v) is 3.82. The number of nitrogens with two attached hydrogens (primary N) is 1. The Kier molecular flexibility index (Phi) is 4.20. The minimum atomic E-state index is -0.401. The molecule has 2 amide bonds. The van der Waals surface area contributed by atoms with Gasteiger partial charge in [0.2, 0.25) is 11.8 Å². The summed E-state index contributed by atoms with van der Waals surface area (Å²) in [5.74, 6) is 0.0644. The van der Waals surface area contributed by atoms with Gasteiger partial charge in [-0.05, 0) is 19.3 Å². The topological polar surface area (TPSA) is 63.4 Å². The van der Waals surface area contributed by atoms with Crippen LogP contribution >= 0.6 is 11.6 Å². The van der Waals surface area contributed by atoms with E-state index in [1.54, 1.807) is 4.90 Å². The van der Waals surface area contributed by atoms with Gasteiger partial charge in [-0.3, -0.25) is 9.59 Å². The van der Waals surface area contributed by atoms with E-state index in [1.165, 1.54) is 0 Å². The second kappa shape index (κ2) is 5.20. The molecule has 1 fully saturated rings. The summed E-state index contributed by atoms with van der Waals surface area (Å²) in [5, 5.41) is 0. The van der Waals surface area contributed by atoms with Crippen LogP contribution in [0.1, 0.15) is 25.7 Å². The molecule has 2 N–H and O–H groups in total. The predicted molar refractivity (Wildman–Crippen MR) is 53.9 cm³/mol. The summed E-state index contributed by atoms with van der Waals surface area (Å²) in [6, 6.07) is -0.391. The predicted octanol–water partition coefficient (Wildman–Crippen LogP) is 0.482. The van der Waals surface area contributed by atoms with Gasteiger partial charge < -0.3 is 10.6 Å². The van der Waals surface area contributed by atoms with Crippen molar-refractivity contribution < 1.29 is 9.59 Å². The maximum Gasteiger partial charge on any atom is 0.240 e. The van der Waals surface area contributed by atoms with Gasteiger partial charge in [0, 0.05) is 18.8 Å². The number of primary amides is 1. The number of carbonyl (C=O) groups excluding carboxylic acids is 2. The number of halogens is 1. The zero-order chi connectivity index (χ0) is 10.6. The fraction of sp³-hybridized carbons (Fsp3) is 0.778. The van der Waals surface area contributed by atoms with Crippen molar-refractivity contribution in [3.63, 3.8) is 0 Å². The van der Waals surface area contributed by atoms with E-state index < -0.39 is 11.9 Å². The van der Waals surface area contributed by atoms with Crippen molar-refractivity contribution >= 4 is 23.4 Å². The molecule has 1 saturated heterocycles. The van der Waals surface area contributed by atoms with Gasteiger partial charge >= 0.3 is 0 Å². The largest absolute Gasteiger partial charge is 0.368 e. The van der Waals surface area contributed by atoms with Gasteiger partial charge in [-0.2, -0.15) is 0 Å². The van der Waals surface area contributed by atoms with Gasteiger partial charge in [0.15, 0.2) is 0 Å². The van der Waals surface area contributed by atoms with Gasteiger partial charge in [0.25, 0.3) is 0 Å². The van der Waals surface area contributed by atoms with E-state index in [1.807, 2.05) is 0 Å². The van der Waals surface area contributed by atoms with E-state index >= 15 is 0 Å². The van der Waals surface area contributed by atoms with Crippen molar-refractivity contribution in [2.24, 2.45) is 5.73 Å². The first-order chi connectivity index (χ1) is 6.66. The van der Waals surface area contributed by atoms with Crippen LogP contribution in [-0.2, 0) is 9.59 Å². The second-order valence-electron chi connectivity index (χ2n) is 3.44. The molecule has 0 radical (unpaired) electrons. The quantitative estimate of drug-likeness (QED) is 0.698. The maximum atomic E-state index is 11.6. The van der Waals surface area contributed by atoms with Crippen LogP contribution in [0.3, 0.4) is 0 Å². The number of nitrogens with zero attached hydrogens (tertiary/aromatic N) is 1. The summed E-state index contributed by atoms with van der Waals surface area (Å²) in [6.45, 7) is 0.648. The number of rotatable bonds is 4. The highest BCUT2D eigenvalue weighted by molar-refractivity contribution is 6.17. The first-order valence-corrected chi connectivity index (χ1v) is 5.35. The summed E-state index contributed by atoms with van der Waals surface area (Å²) in [5.41, 5.74) is 5.20. The molecule has 5 heteroatoms. The fourth-order valence-electron chi connectivity index (χ4n) is 1.72. The van der Waals surface area contributed by atoms with Crippen LogP contribution in [0.15, 0.2) is 0 Å². The van der Waals surface area contributed by atoms with Gasteiger partial charge in [0.1, 0.15) is 6.04 Å². The smallest absolute Gasteiger partial charge is 0.240 e. The SMILES string of the molecule is NC(=O)C1CCCN1C(=O)CCCCl. The normalized spacial score (nSPS) is 21.2. The van der Waals surface area contributed by atoms with Crippen molar-refractivity contribution in [2.75, 3.05) is 12.4 Å². The standard InChI is InChI=1S/C9H15ClN2O2/c10-5-1-4-8(13)12-6-2-3-7(12)9(11)14/h7H,1-6H2,(H2,11,14). The number of amides is 2. The molecule has 1 aliphatic rings. The molecule has 14 heavy (non-hydrogen) atoms. The molecule has 0 bridgehead atoms. The first kappa shape index (κ1) is 11.3. The van der Waals surface area contributed by atoms with Crippen molar-refractivity contribution in [2.45, 2.75) is 31.7 Å². The number of likely N-dealkylation sites (tertiary alicyclic amines) is 1. The molecule has 4 nitrogen and oxygen atoms in total. The van der Waals surface area contributed by atoms with Crippen LogP contribution in [0.2, 0.25) is 0 Å². The van der Waals surface area contributed by atoms with E-state index in [-0.39, 0.29) is 5.91 Å². The Hall–Kier alpha value is -0.770. The Balaban J connectivity index is 2.49. The number of carbonyl (C=O) groups is 2. The molecule has 80 valence electrons. The number of hydrogen-bond acceptors (Lipinski definition) is 2. The third kappa shape index (κ3) is 2.61. The molecule has 0 aromatic rings. The summed E-state index contributed by atoms with van der Waals surface area (Å²) in [6.07, 6.45) is 2.62. The molecule has 1 unspecified atom stereocenters. The van der Waals surface area contributed by atoms with E-state index in [2.05, 4.69) is 0 Å². The number of hydrogen-bond donors (Lipinski definition) is 1. The highest BCUT2D eigenvalue weighted by Crippen LogP contribution is 2.18. The zero-order valence-corrected chi connectivity index (χ0v) is 8.79. The molecule has 1 rings (SSSR count). The first-order valence-electron chi connectivity index (χ1n) is 4.81. The van der Waals surface area contributed by atoms with Crippen molar-refractivity contribution in [3.05, 3.63) is 0 Å². The molecule has 0 spiro atoms. The molecule has 0 aromatic carbocycles. The summed E-state index contributed by atoms with van der Waals surface area (Å²) in [7, 11) is 0. The van der Waals surface area contributed by atoms with Crippen molar-refractivity contribution in [1.82, 2.24) is 4.90 Å². The molecule has 0 aliphatic carbocycles. The molecule has 1 aliphatic heterocycles. The lowest BCUT2D eigenvalue weighted by Crippen LogP contribution is -2.43. The summed E-state index contributed by atoms with van der Waals surface area (Å²) < 4.78 is 0. The van der Waals surface area contributed by atoms with Crippen LogP contribution < -0.4 is 5.73 Å². The van der Waals surface area contributed by atoms with Gasteiger partial charge in [-0.15, -0.1) is 11.6 Å². The maximum absolute atomic E-state index is 11.6. The van der Waals surface area contributed by atoms with E-state index in [4.69, 9.17) is 17.3 Å². The van der Waals surface area contributed by atoms with Gasteiger partial charge in [-0.1, -0.05) is 0 Å². The highest BCUT2D eigenvalue weighted by atomic mass is 35.5. The zero-order valence-electron chi connectivity index (χ0n) is 8.04. The molecular formula is C9H15ClN2O2. The van der Waals surface area contributed by atoms with Crippen LogP contribution in [0.25, 0.3) is 0 Å². The monoisotopic (exact) mass is 218 g/mol. The van der Waals surface area contributed by atoms with Gasteiger partial charge in [-0.25, -0.2) is 0 Å². The lowest BCUT2D eigenvalue weighted by atomic mass is 10.2. The van der Waals surface area contributed by atoms with Crippen LogP contribution in [0.5, 0.6) is 0 Å². The van der Waals surface area contributed by atoms with Crippen LogP contribution in [-0.4, -0.2) is 35.2 Å². The number of alkyl halides is 1. The molecule has 0 aromatic heterocycles. The lowest BCUT2D eigenvalue weighted by molar-refractivity contribution is -0.137. The molecule has 1 heterocycles.